The van der Waals surface area contributed by atoms with Gasteiger partial charge < -0.3 is 25.2 Å². The Labute approximate surface area is 207 Å². The van der Waals surface area contributed by atoms with Crippen molar-refractivity contribution in [3.8, 4) is 17.2 Å². The number of nitrogens with zero attached hydrogens (tertiary/aromatic N) is 1. The van der Waals surface area contributed by atoms with Gasteiger partial charge in [-0.05, 0) is 53.8 Å². The molecule has 9 nitrogen and oxygen atoms in total. The molecule has 3 aromatic carbocycles. The number of carbonyl (C=O) groups excluding carboxylic acids is 1. The Balaban J connectivity index is 1.60. The Morgan fingerprint density at radius 1 is 0.944 bits per heavy atom. The maximum absolute atomic E-state index is 13.7. The lowest BCUT2D eigenvalue weighted by Gasteiger charge is -2.30. The summed E-state index contributed by atoms with van der Waals surface area (Å²) in [7, 11) is 3.15. The van der Waals surface area contributed by atoms with Crippen molar-refractivity contribution >= 4 is 22.8 Å². The number of rotatable bonds is 5. The molecule has 0 fully saturated rings. The molecule has 36 heavy (non-hydrogen) atoms. The van der Waals surface area contributed by atoms with Gasteiger partial charge in [-0.25, -0.2) is 0 Å². The van der Waals surface area contributed by atoms with Crippen LogP contribution >= 0.6 is 0 Å². The fourth-order valence-corrected chi connectivity index (χ4v) is 4.95. The van der Waals surface area contributed by atoms with Crippen LogP contribution in [-0.4, -0.2) is 30.0 Å². The summed E-state index contributed by atoms with van der Waals surface area (Å²) in [5, 5.41) is 28.3. The highest BCUT2D eigenvalue weighted by atomic mass is 16.6. The van der Waals surface area contributed by atoms with Crippen LogP contribution in [0.3, 0.4) is 0 Å². The molecule has 0 amide bonds. The minimum Gasteiger partial charge on any atom is -0.502 e. The number of hydrogen-bond donors (Lipinski definition) is 3. The number of aromatic hydroxyl groups is 1. The van der Waals surface area contributed by atoms with Crippen LogP contribution in [0, 0.1) is 10.1 Å². The van der Waals surface area contributed by atoms with Gasteiger partial charge in [0.05, 0.1) is 36.6 Å². The number of fused-ring (bicyclic) bond motifs is 1. The number of anilines is 2. The van der Waals surface area contributed by atoms with E-state index in [0.717, 1.165) is 22.6 Å². The summed E-state index contributed by atoms with van der Waals surface area (Å²) in [5.74, 6) is 0.627. The molecule has 0 saturated heterocycles. The molecule has 0 radical (unpaired) electrons. The summed E-state index contributed by atoms with van der Waals surface area (Å²) in [6.45, 7) is 0. The van der Waals surface area contributed by atoms with E-state index in [1.807, 2.05) is 42.5 Å². The maximum atomic E-state index is 13.7. The van der Waals surface area contributed by atoms with Crippen LogP contribution in [0.15, 0.2) is 71.9 Å². The zero-order valence-corrected chi connectivity index (χ0v) is 19.8. The smallest absolute Gasteiger partial charge is 0.311 e. The average Bonchev–Trinajstić information content (AvgIpc) is 3.05. The van der Waals surface area contributed by atoms with Crippen molar-refractivity contribution in [2.24, 2.45) is 0 Å². The van der Waals surface area contributed by atoms with Crippen LogP contribution < -0.4 is 20.1 Å². The molecule has 0 bridgehead atoms. The molecule has 1 heterocycles. The highest BCUT2D eigenvalue weighted by Gasteiger charge is 2.37. The minimum absolute atomic E-state index is 0.0652. The minimum atomic E-state index is -0.632. The third-order valence-electron chi connectivity index (χ3n) is 6.72. The van der Waals surface area contributed by atoms with Crippen molar-refractivity contribution in [1.29, 1.82) is 0 Å². The summed E-state index contributed by atoms with van der Waals surface area (Å²) in [5.41, 5.74) is 3.92. The van der Waals surface area contributed by atoms with Crippen LogP contribution in [-0.2, 0) is 4.79 Å². The molecule has 5 rings (SSSR count). The van der Waals surface area contributed by atoms with E-state index in [2.05, 4.69) is 10.6 Å². The Morgan fingerprint density at radius 3 is 2.39 bits per heavy atom. The van der Waals surface area contributed by atoms with Crippen LogP contribution in [0.5, 0.6) is 17.2 Å². The number of nitro benzene ring substituents is 1. The first-order valence-electron chi connectivity index (χ1n) is 11.5. The van der Waals surface area contributed by atoms with Gasteiger partial charge in [-0.2, -0.15) is 0 Å². The summed E-state index contributed by atoms with van der Waals surface area (Å²) < 4.78 is 10.8. The number of ketones is 1. The summed E-state index contributed by atoms with van der Waals surface area (Å²) >= 11 is 0. The number of phenols is 1. The highest BCUT2D eigenvalue weighted by Crippen LogP contribution is 2.46. The van der Waals surface area contributed by atoms with Crippen molar-refractivity contribution in [2.75, 3.05) is 24.9 Å². The van der Waals surface area contributed by atoms with Gasteiger partial charge in [0.25, 0.3) is 0 Å². The number of nitrogens with one attached hydrogen (secondary N) is 2. The number of carbonyl (C=O) groups is 1. The number of allylic oxidation sites excluding steroid dienone is 1. The largest absolute Gasteiger partial charge is 0.502 e. The van der Waals surface area contributed by atoms with E-state index in [-0.39, 0.29) is 18.1 Å². The first kappa shape index (κ1) is 23.2. The van der Waals surface area contributed by atoms with Gasteiger partial charge >= 0.3 is 5.69 Å². The van der Waals surface area contributed by atoms with E-state index in [4.69, 9.17) is 9.47 Å². The molecule has 0 spiro atoms. The average molecular weight is 488 g/mol. The first-order chi connectivity index (χ1) is 17.4. The molecule has 3 N–H and O–H groups in total. The normalized spacial score (nSPS) is 18.8. The van der Waals surface area contributed by atoms with Crippen LogP contribution in [0.4, 0.5) is 17.1 Å². The molecule has 3 aromatic rings. The van der Waals surface area contributed by atoms with Gasteiger partial charge in [-0.3, -0.25) is 14.9 Å². The standard InChI is InChI=1S/C27H25N3O6/c1-35-24-10-8-15(14-25(24)36-2)17-11-20-26(23(32)13-17)27(29-19-6-4-3-5-18(19)28-20)16-7-9-22(31)21(12-16)30(33)34/h3-10,12,14,17,27-29,31H,11,13H2,1-2H3/t17-,27-/m0/s1. The molecule has 2 atom stereocenters. The fourth-order valence-electron chi connectivity index (χ4n) is 4.95. The van der Waals surface area contributed by atoms with Crippen molar-refractivity contribution in [1.82, 2.24) is 0 Å². The Kier molecular flexibility index (Phi) is 5.97. The summed E-state index contributed by atoms with van der Waals surface area (Å²) in [6.07, 6.45) is 0.827. The number of phenolic OH excluding ortho intramolecular Hbond substituents is 1. The van der Waals surface area contributed by atoms with Crippen molar-refractivity contribution in [3.63, 3.8) is 0 Å². The Bertz CT molecular complexity index is 1400. The Hall–Kier alpha value is -4.53. The van der Waals surface area contributed by atoms with E-state index in [1.54, 1.807) is 20.3 Å². The zero-order valence-electron chi connectivity index (χ0n) is 19.8. The van der Waals surface area contributed by atoms with Crippen LogP contribution in [0.2, 0.25) is 0 Å². The van der Waals surface area contributed by atoms with Gasteiger partial charge in [0.2, 0.25) is 0 Å². The third kappa shape index (κ3) is 4.08. The second-order valence-electron chi connectivity index (χ2n) is 8.79. The fraction of sp³-hybridized carbons (Fsp3) is 0.222. The number of para-hydroxylation sites is 2. The molecule has 0 saturated carbocycles. The summed E-state index contributed by atoms with van der Waals surface area (Å²) in [6, 6.07) is 16.8. The monoisotopic (exact) mass is 487 g/mol. The van der Waals surface area contributed by atoms with Crippen LogP contribution in [0.25, 0.3) is 0 Å². The second-order valence-corrected chi connectivity index (χ2v) is 8.79. The zero-order chi connectivity index (χ0) is 25.4. The number of benzene rings is 3. The predicted octanol–water partition coefficient (Wildman–Crippen LogP) is 5.30. The molecule has 0 unspecified atom stereocenters. The van der Waals surface area contributed by atoms with Crippen molar-refractivity contribution < 1.29 is 24.3 Å². The molecule has 2 aliphatic rings. The van der Waals surface area contributed by atoms with Gasteiger partial charge in [0.1, 0.15) is 0 Å². The van der Waals surface area contributed by atoms with Gasteiger partial charge in [-0.15, -0.1) is 0 Å². The van der Waals surface area contributed by atoms with E-state index in [1.165, 1.54) is 12.1 Å². The lowest BCUT2D eigenvalue weighted by molar-refractivity contribution is -0.385. The van der Waals surface area contributed by atoms with Gasteiger partial charge in [0.15, 0.2) is 23.0 Å². The molecule has 184 valence electrons. The molecule has 9 heteroatoms. The number of Topliss-reactive ketones (excluding diaryl/α,β-unsaturated/α-hetero) is 1. The van der Waals surface area contributed by atoms with E-state index in [9.17, 15) is 20.0 Å². The topological polar surface area (TPSA) is 123 Å². The number of ether oxygens (including phenoxy) is 2. The lowest BCUT2D eigenvalue weighted by atomic mass is 9.78. The van der Waals surface area contributed by atoms with Crippen molar-refractivity contribution in [2.45, 2.75) is 24.8 Å². The number of hydrogen-bond acceptors (Lipinski definition) is 8. The highest BCUT2D eigenvalue weighted by molar-refractivity contribution is 6.01. The second kappa shape index (κ2) is 9.26. The molecule has 0 aromatic heterocycles. The van der Waals surface area contributed by atoms with Crippen LogP contribution in [0.1, 0.15) is 35.9 Å². The van der Waals surface area contributed by atoms with E-state index in [0.29, 0.717) is 29.1 Å². The number of nitro groups is 1. The molecule has 1 aliphatic carbocycles. The van der Waals surface area contributed by atoms with E-state index >= 15 is 0 Å². The Morgan fingerprint density at radius 2 is 1.67 bits per heavy atom. The third-order valence-corrected chi connectivity index (χ3v) is 6.72. The molecular weight excluding hydrogens is 462 g/mol. The summed E-state index contributed by atoms with van der Waals surface area (Å²) in [4.78, 5) is 24.5. The molecule has 1 aliphatic heterocycles. The quantitative estimate of drug-likeness (QED) is 0.327. The van der Waals surface area contributed by atoms with Crippen molar-refractivity contribution in [3.05, 3.63) is 93.2 Å². The molecular formula is C27H25N3O6. The lowest BCUT2D eigenvalue weighted by Crippen LogP contribution is -2.27. The maximum Gasteiger partial charge on any atom is 0.311 e. The van der Waals surface area contributed by atoms with Gasteiger partial charge in [-0.1, -0.05) is 24.3 Å². The predicted molar refractivity (Wildman–Crippen MR) is 135 cm³/mol. The first-order valence-corrected chi connectivity index (χ1v) is 11.5. The SMILES string of the molecule is COc1ccc([C@@H]2CC(=O)C3=C(C2)Nc2ccccc2N[C@H]3c2ccc(O)c([N+](=O)[O-])c2)cc1OC. The number of methoxy groups -OCH3 is 2. The van der Waals surface area contributed by atoms with E-state index < -0.39 is 22.4 Å². The van der Waals surface area contributed by atoms with Gasteiger partial charge in [0, 0.05) is 23.8 Å².